The van der Waals surface area contributed by atoms with E-state index in [0.717, 1.165) is 10.6 Å². The summed E-state index contributed by atoms with van der Waals surface area (Å²) >= 11 is 2.64. The molecule has 3 rings (SSSR count). The Morgan fingerprint density at radius 2 is 2.04 bits per heavy atom. The zero-order chi connectivity index (χ0) is 18.7. The summed E-state index contributed by atoms with van der Waals surface area (Å²) < 4.78 is 46.8. The van der Waals surface area contributed by atoms with E-state index in [-0.39, 0.29) is 5.75 Å². The van der Waals surface area contributed by atoms with Crippen LogP contribution in [0.25, 0.3) is 10.7 Å². The van der Waals surface area contributed by atoms with Gasteiger partial charge in [0, 0.05) is 12.3 Å². The average Bonchev–Trinajstić information content (AvgIpc) is 3.16. The third kappa shape index (κ3) is 4.33. The van der Waals surface area contributed by atoms with Gasteiger partial charge in [0.1, 0.15) is 10.6 Å². The number of rotatable bonds is 6. The molecule has 3 aromatic rings. The second kappa shape index (κ2) is 7.62. The van der Waals surface area contributed by atoms with E-state index < -0.39 is 6.36 Å². The second-order valence-corrected chi connectivity index (χ2v) is 6.92. The molecule has 0 atom stereocenters. The fourth-order valence-corrected chi connectivity index (χ4v) is 3.86. The lowest BCUT2D eigenvalue weighted by atomic mass is 10.2. The molecule has 0 aliphatic heterocycles. The van der Waals surface area contributed by atoms with Crippen LogP contribution in [0.4, 0.5) is 13.2 Å². The number of aromatic nitrogens is 5. The molecule has 0 bridgehead atoms. The van der Waals surface area contributed by atoms with Crippen molar-refractivity contribution < 1.29 is 17.9 Å². The molecule has 1 aromatic carbocycles. The summed E-state index contributed by atoms with van der Waals surface area (Å²) in [6.07, 6.45) is -4.70. The van der Waals surface area contributed by atoms with Crippen molar-refractivity contribution in [3.8, 4) is 16.5 Å². The molecule has 0 aliphatic rings. The molecule has 0 amide bonds. The highest BCUT2D eigenvalue weighted by molar-refractivity contribution is 7.98. The smallest absolute Gasteiger partial charge is 0.406 e. The van der Waals surface area contributed by atoms with Crippen LogP contribution in [0.1, 0.15) is 18.2 Å². The Morgan fingerprint density at radius 1 is 1.23 bits per heavy atom. The molecule has 2 aromatic heterocycles. The largest absolute Gasteiger partial charge is 0.573 e. The number of nitrogens with zero attached hydrogens (tertiary/aromatic N) is 5. The maximum atomic E-state index is 12.3. The van der Waals surface area contributed by atoms with Gasteiger partial charge in [0.2, 0.25) is 0 Å². The Bertz CT molecular complexity index is 894. The van der Waals surface area contributed by atoms with E-state index in [1.54, 1.807) is 6.07 Å². The third-order valence-corrected chi connectivity index (χ3v) is 5.25. The van der Waals surface area contributed by atoms with Crippen LogP contribution in [0.3, 0.4) is 0 Å². The minimum Gasteiger partial charge on any atom is -0.406 e. The van der Waals surface area contributed by atoms with Crippen molar-refractivity contribution in [1.29, 1.82) is 0 Å². The lowest BCUT2D eigenvalue weighted by Gasteiger charge is -2.10. The molecule has 6 nitrogen and oxygen atoms in total. The van der Waals surface area contributed by atoms with Gasteiger partial charge in [-0.2, -0.15) is 0 Å². The Labute approximate surface area is 155 Å². The number of aryl methyl sites for hydroxylation is 1. The number of hydrogen-bond donors (Lipinski definition) is 0. The van der Waals surface area contributed by atoms with Crippen molar-refractivity contribution in [2.45, 2.75) is 37.7 Å². The van der Waals surface area contributed by atoms with E-state index in [4.69, 9.17) is 0 Å². The van der Waals surface area contributed by atoms with Crippen molar-refractivity contribution in [2.24, 2.45) is 0 Å². The highest BCUT2D eigenvalue weighted by Crippen LogP contribution is 2.30. The van der Waals surface area contributed by atoms with Crippen molar-refractivity contribution >= 4 is 23.3 Å². The first kappa shape index (κ1) is 18.6. The molecule has 0 fully saturated rings. The van der Waals surface area contributed by atoms with Crippen LogP contribution in [0.15, 0.2) is 29.4 Å². The first-order chi connectivity index (χ1) is 12.4. The minimum absolute atomic E-state index is 0.236. The molecule has 0 unspecified atom stereocenters. The SMILES string of the molecule is CCn1c(SCc2cccc(OC(F)(F)F)c2)nnc1-c1snnc1C. The predicted octanol–water partition coefficient (Wildman–Crippen LogP) is 4.32. The van der Waals surface area contributed by atoms with Crippen LogP contribution in [0, 0.1) is 6.92 Å². The topological polar surface area (TPSA) is 65.7 Å². The van der Waals surface area contributed by atoms with Gasteiger partial charge < -0.3 is 9.30 Å². The van der Waals surface area contributed by atoms with Gasteiger partial charge in [-0.1, -0.05) is 28.4 Å². The van der Waals surface area contributed by atoms with Gasteiger partial charge in [-0.3, -0.25) is 0 Å². The fraction of sp³-hybridized carbons (Fsp3) is 0.333. The van der Waals surface area contributed by atoms with Gasteiger partial charge in [0.25, 0.3) is 0 Å². The predicted molar refractivity (Wildman–Crippen MR) is 92.0 cm³/mol. The van der Waals surface area contributed by atoms with Gasteiger partial charge in [0.05, 0.1) is 5.69 Å². The molecule has 11 heteroatoms. The monoisotopic (exact) mass is 401 g/mol. The summed E-state index contributed by atoms with van der Waals surface area (Å²) in [4.78, 5) is 0.853. The number of ether oxygens (including phenoxy) is 1. The maximum absolute atomic E-state index is 12.3. The molecule has 0 radical (unpaired) electrons. The quantitative estimate of drug-likeness (QED) is 0.573. The average molecular weight is 401 g/mol. The number of halogens is 3. The van der Waals surface area contributed by atoms with Crippen LogP contribution in [-0.4, -0.2) is 30.7 Å². The molecular weight excluding hydrogens is 387 g/mol. The summed E-state index contributed by atoms with van der Waals surface area (Å²) in [6.45, 7) is 4.48. The van der Waals surface area contributed by atoms with Crippen LogP contribution in [-0.2, 0) is 12.3 Å². The minimum atomic E-state index is -4.70. The van der Waals surface area contributed by atoms with Crippen LogP contribution >= 0.6 is 23.3 Å². The summed E-state index contributed by atoms with van der Waals surface area (Å²) in [5, 5.41) is 13.1. The summed E-state index contributed by atoms with van der Waals surface area (Å²) in [7, 11) is 0. The Hall–Kier alpha value is -2.14. The van der Waals surface area contributed by atoms with Crippen molar-refractivity contribution in [3.05, 3.63) is 35.5 Å². The van der Waals surface area contributed by atoms with Gasteiger partial charge in [-0.05, 0) is 43.1 Å². The van der Waals surface area contributed by atoms with Crippen LogP contribution in [0.5, 0.6) is 5.75 Å². The number of alkyl halides is 3. The van der Waals surface area contributed by atoms with E-state index in [0.29, 0.717) is 28.8 Å². The zero-order valence-electron chi connectivity index (χ0n) is 13.8. The Kier molecular flexibility index (Phi) is 5.47. The highest BCUT2D eigenvalue weighted by atomic mass is 32.2. The Morgan fingerprint density at radius 3 is 2.69 bits per heavy atom. The molecule has 0 aliphatic carbocycles. The molecule has 2 heterocycles. The molecule has 0 N–H and O–H groups in total. The molecule has 0 spiro atoms. The highest BCUT2D eigenvalue weighted by Gasteiger charge is 2.31. The van der Waals surface area contributed by atoms with E-state index >= 15 is 0 Å². The fourth-order valence-electron chi connectivity index (χ4n) is 2.27. The van der Waals surface area contributed by atoms with E-state index in [9.17, 15) is 13.2 Å². The molecule has 138 valence electrons. The van der Waals surface area contributed by atoms with Crippen molar-refractivity contribution in [1.82, 2.24) is 24.4 Å². The molecular formula is C15H14F3N5OS2. The van der Waals surface area contributed by atoms with Gasteiger partial charge in [0.15, 0.2) is 11.0 Å². The lowest BCUT2D eigenvalue weighted by molar-refractivity contribution is -0.274. The Balaban J connectivity index is 1.76. The van der Waals surface area contributed by atoms with Crippen LogP contribution in [0.2, 0.25) is 0 Å². The summed E-state index contributed by atoms with van der Waals surface area (Å²) in [6, 6.07) is 5.90. The zero-order valence-corrected chi connectivity index (χ0v) is 15.5. The van der Waals surface area contributed by atoms with E-state index in [1.165, 1.54) is 41.5 Å². The first-order valence-corrected chi connectivity index (χ1v) is 9.33. The van der Waals surface area contributed by atoms with E-state index in [1.807, 2.05) is 18.4 Å². The summed E-state index contributed by atoms with van der Waals surface area (Å²) in [5.41, 5.74) is 1.48. The van der Waals surface area contributed by atoms with Gasteiger partial charge in [-0.25, -0.2) is 0 Å². The number of benzene rings is 1. The van der Waals surface area contributed by atoms with Crippen molar-refractivity contribution in [2.75, 3.05) is 0 Å². The molecule has 26 heavy (non-hydrogen) atoms. The molecule has 0 saturated carbocycles. The summed E-state index contributed by atoms with van der Waals surface area (Å²) in [5.74, 6) is 0.892. The first-order valence-electron chi connectivity index (χ1n) is 7.57. The van der Waals surface area contributed by atoms with Gasteiger partial charge >= 0.3 is 6.36 Å². The maximum Gasteiger partial charge on any atom is 0.573 e. The number of hydrogen-bond acceptors (Lipinski definition) is 7. The van der Waals surface area contributed by atoms with Gasteiger partial charge in [-0.15, -0.1) is 28.5 Å². The number of thioether (sulfide) groups is 1. The van der Waals surface area contributed by atoms with Crippen LogP contribution < -0.4 is 4.74 Å². The standard InChI is InChI=1S/C15H14F3N5OS2/c1-3-23-13(12-9(2)19-22-26-12)20-21-14(23)25-8-10-5-4-6-11(7-10)24-15(16,17)18/h4-7H,3,8H2,1-2H3. The third-order valence-electron chi connectivity index (χ3n) is 3.39. The second-order valence-electron chi connectivity index (χ2n) is 5.22. The molecule has 0 saturated heterocycles. The normalized spacial score (nSPS) is 11.7. The van der Waals surface area contributed by atoms with E-state index in [2.05, 4.69) is 24.5 Å². The lowest BCUT2D eigenvalue weighted by Crippen LogP contribution is -2.17. The van der Waals surface area contributed by atoms with Crippen molar-refractivity contribution in [3.63, 3.8) is 0 Å².